The molecular weight excluding hydrogens is 292 g/mol. The lowest BCUT2D eigenvalue weighted by Gasteiger charge is -2.08. The van der Waals surface area contributed by atoms with E-state index in [4.69, 9.17) is 24.9 Å². The SMILES string of the molecule is COCc1cccc(OCCOCCS(=O)(=O)Cl)c1. The van der Waals surface area contributed by atoms with Crippen LogP contribution in [0, 0.1) is 0 Å². The molecule has 0 saturated heterocycles. The van der Waals surface area contributed by atoms with Gasteiger partial charge >= 0.3 is 0 Å². The standard InChI is InChI=1S/C12H17ClO5S/c1-16-10-11-3-2-4-12(9-11)18-6-5-17-7-8-19(13,14)15/h2-4,9H,5-8,10H2,1H3. The molecule has 0 spiro atoms. The minimum atomic E-state index is -3.48. The number of methoxy groups -OCH3 is 1. The Morgan fingerprint density at radius 2 is 2.00 bits per heavy atom. The van der Waals surface area contributed by atoms with E-state index in [-0.39, 0.29) is 12.4 Å². The van der Waals surface area contributed by atoms with Crippen LogP contribution in [0.5, 0.6) is 5.75 Å². The Balaban J connectivity index is 2.20. The molecule has 0 fully saturated rings. The van der Waals surface area contributed by atoms with Gasteiger partial charge in [0, 0.05) is 17.8 Å². The van der Waals surface area contributed by atoms with Crippen molar-refractivity contribution in [2.75, 3.05) is 32.7 Å². The predicted molar refractivity (Wildman–Crippen MR) is 73.1 cm³/mol. The van der Waals surface area contributed by atoms with E-state index in [2.05, 4.69) is 0 Å². The van der Waals surface area contributed by atoms with Crippen LogP contribution in [-0.4, -0.2) is 41.1 Å². The summed E-state index contributed by atoms with van der Waals surface area (Å²) in [5.41, 5.74) is 1.02. The van der Waals surface area contributed by atoms with Crippen LogP contribution in [0.3, 0.4) is 0 Å². The summed E-state index contributed by atoms with van der Waals surface area (Å²) >= 11 is 0. The maximum atomic E-state index is 10.6. The Hall–Kier alpha value is -0.820. The normalized spacial score (nSPS) is 11.5. The lowest BCUT2D eigenvalue weighted by Crippen LogP contribution is -2.12. The van der Waals surface area contributed by atoms with Crippen molar-refractivity contribution in [2.45, 2.75) is 6.61 Å². The molecule has 0 aliphatic heterocycles. The van der Waals surface area contributed by atoms with E-state index < -0.39 is 9.05 Å². The second-order valence-electron chi connectivity index (χ2n) is 3.78. The zero-order chi connectivity index (χ0) is 14.1. The first kappa shape index (κ1) is 16.2. The van der Waals surface area contributed by atoms with Gasteiger partial charge in [0.05, 0.1) is 25.6 Å². The first-order valence-corrected chi connectivity index (χ1v) is 8.20. The molecule has 5 nitrogen and oxygen atoms in total. The van der Waals surface area contributed by atoms with Crippen molar-refractivity contribution in [3.05, 3.63) is 29.8 Å². The largest absolute Gasteiger partial charge is 0.491 e. The number of halogens is 1. The van der Waals surface area contributed by atoms with Crippen LogP contribution < -0.4 is 4.74 Å². The maximum Gasteiger partial charge on any atom is 0.234 e. The molecule has 108 valence electrons. The Morgan fingerprint density at radius 3 is 2.68 bits per heavy atom. The number of ether oxygens (including phenoxy) is 3. The van der Waals surface area contributed by atoms with E-state index in [1.54, 1.807) is 7.11 Å². The third kappa shape index (κ3) is 8.05. The van der Waals surface area contributed by atoms with Gasteiger partial charge in [0.2, 0.25) is 9.05 Å². The Kier molecular flexibility index (Phi) is 7.15. The van der Waals surface area contributed by atoms with E-state index in [1.165, 1.54) is 0 Å². The molecule has 19 heavy (non-hydrogen) atoms. The molecular formula is C12H17ClO5S. The summed E-state index contributed by atoms with van der Waals surface area (Å²) in [5.74, 6) is 0.529. The fraction of sp³-hybridized carbons (Fsp3) is 0.500. The van der Waals surface area contributed by atoms with Gasteiger partial charge in [-0.2, -0.15) is 0 Å². The molecule has 0 bridgehead atoms. The average Bonchev–Trinajstić information content (AvgIpc) is 2.33. The van der Waals surface area contributed by atoms with Crippen molar-refractivity contribution < 1.29 is 22.6 Å². The van der Waals surface area contributed by atoms with Gasteiger partial charge in [0.15, 0.2) is 0 Å². The summed E-state index contributed by atoms with van der Waals surface area (Å²) in [4.78, 5) is 0. The Bertz CT molecular complexity index is 475. The van der Waals surface area contributed by atoms with Gasteiger partial charge in [-0.05, 0) is 17.7 Å². The summed E-state index contributed by atoms with van der Waals surface area (Å²) in [7, 11) is 3.19. The molecule has 0 aliphatic rings. The molecule has 0 heterocycles. The van der Waals surface area contributed by atoms with Crippen LogP contribution in [0.15, 0.2) is 24.3 Å². The van der Waals surface area contributed by atoms with Crippen molar-refractivity contribution in [3.8, 4) is 5.75 Å². The monoisotopic (exact) mass is 308 g/mol. The first-order chi connectivity index (χ1) is 9.01. The number of benzene rings is 1. The predicted octanol–water partition coefficient (Wildman–Crippen LogP) is 1.80. The van der Waals surface area contributed by atoms with E-state index in [1.807, 2.05) is 24.3 Å². The highest BCUT2D eigenvalue weighted by Gasteiger charge is 2.04. The summed E-state index contributed by atoms with van der Waals surface area (Å²) in [6, 6.07) is 7.54. The van der Waals surface area contributed by atoms with Gasteiger partial charge in [-0.1, -0.05) is 12.1 Å². The number of hydrogen-bond acceptors (Lipinski definition) is 5. The highest BCUT2D eigenvalue weighted by molar-refractivity contribution is 8.13. The lowest BCUT2D eigenvalue weighted by atomic mass is 10.2. The highest BCUT2D eigenvalue weighted by atomic mass is 35.7. The topological polar surface area (TPSA) is 61.8 Å². The summed E-state index contributed by atoms with van der Waals surface area (Å²) in [6.07, 6.45) is 0. The van der Waals surface area contributed by atoms with Crippen molar-refractivity contribution in [3.63, 3.8) is 0 Å². The van der Waals surface area contributed by atoms with Gasteiger partial charge in [-0.3, -0.25) is 0 Å². The minimum Gasteiger partial charge on any atom is -0.491 e. The van der Waals surface area contributed by atoms with Crippen LogP contribution in [-0.2, 0) is 25.1 Å². The molecule has 0 radical (unpaired) electrons. The third-order valence-electron chi connectivity index (χ3n) is 2.18. The molecule has 0 aromatic heterocycles. The van der Waals surface area contributed by atoms with Crippen LogP contribution in [0.4, 0.5) is 0 Å². The van der Waals surface area contributed by atoms with Crippen LogP contribution in [0.2, 0.25) is 0 Å². The molecule has 1 aromatic carbocycles. The minimum absolute atomic E-state index is 0.0684. The highest BCUT2D eigenvalue weighted by Crippen LogP contribution is 2.13. The Morgan fingerprint density at radius 1 is 1.21 bits per heavy atom. The zero-order valence-electron chi connectivity index (χ0n) is 10.7. The third-order valence-corrected chi connectivity index (χ3v) is 3.29. The molecule has 1 aromatic rings. The zero-order valence-corrected chi connectivity index (χ0v) is 12.2. The summed E-state index contributed by atoms with van der Waals surface area (Å²) in [6.45, 7) is 1.25. The van der Waals surface area contributed by atoms with Gasteiger partial charge < -0.3 is 14.2 Å². The molecule has 7 heteroatoms. The van der Waals surface area contributed by atoms with Gasteiger partial charge in [0.25, 0.3) is 0 Å². The second-order valence-corrected chi connectivity index (χ2v) is 6.68. The number of rotatable bonds is 9. The molecule has 0 atom stereocenters. The van der Waals surface area contributed by atoms with Gasteiger partial charge in [0.1, 0.15) is 12.4 Å². The van der Waals surface area contributed by atoms with E-state index >= 15 is 0 Å². The average molecular weight is 309 g/mol. The maximum absolute atomic E-state index is 10.6. The second kappa shape index (κ2) is 8.37. The molecule has 1 rings (SSSR count). The molecule has 0 unspecified atom stereocenters. The smallest absolute Gasteiger partial charge is 0.234 e. The van der Waals surface area contributed by atoms with Crippen molar-refractivity contribution in [1.82, 2.24) is 0 Å². The van der Waals surface area contributed by atoms with Crippen molar-refractivity contribution >= 4 is 19.7 Å². The van der Waals surface area contributed by atoms with Crippen LogP contribution >= 0.6 is 10.7 Å². The summed E-state index contributed by atoms with van der Waals surface area (Å²) < 4.78 is 36.8. The Labute approximate surface area is 117 Å². The fourth-order valence-corrected chi connectivity index (χ4v) is 1.88. The molecule has 0 aliphatic carbocycles. The quantitative estimate of drug-likeness (QED) is 0.514. The lowest BCUT2D eigenvalue weighted by molar-refractivity contribution is 0.111. The first-order valence-electron chi connectivity index (χ1n) is 5.72. The van der Waals surface area contributed by atoms with E-state index in [0.29, 0.717) is 19.8 Å². The number of hydrogen-bond donors (Lipinski definition) is 0. The van der Waals surface area contributed by atoms with E-state index in [0.717, 1.165) is 11.3 Å². The van der Waals surface area contributed by atoms with Crippen LogP contribution in [0.25, 0.3) is 0 Å². The van der Waals surface area contributed by atoms with Gasteiger partial charge in [-0.25, -0.2) is 8.42 Å². The van der Waals surface area contributed by atoms with Crippen molar-refractivity contribution in [1.29, 1.82) is 0 Å². The molecule has 0 saturated carbocycles. The summed E-state index contributed by atoms with van der Waals surface area (Å²) in [5, 5.41) is 0. The molecule has 0 N–H and O–H groups in total. The van der Waals surface area contributed by atoms with Crippen molar-refractivity contribution in [2.24, 2.45) is 0 Å². The fourth-order valence-electron chi connectivity index (χ4n) is 1.37. The van der Waals surface area contributed by atoms with Crippen LogP contribution in [0.1, 0.15) is 5.56 Å². The van der Waals surface area contributed by atoms with Gasteiger partial charge in [-0.15, -0.1) is 0 Å². The molecule has 0 amide bonds. The van der Waals surface area contributed by atoms with E-state index in [9.17, 15) is 8.42 Å².